The number of benzene rings is 1. The number of nitrogens with one attached hydrogen (secondary N) is 3. The van der Waals surface area contributed by atoms with E-state index in [0.29, 0.717) is 6.04 Å². The highest BCUT2D eigenvalue weighted by atomic mass is 127. The first-order chi connectivity index (χ1) is 10.2. The Hall–Kier alpha value is -1.24. The maximum Gasteiger partial charge on any atom is 0.191 e. The molecule has 2 unspecified atom stereocenters. The van der Waals surface area contributed by atoms with Gasteiger partial charge >= 0.3 is 0 Å². The predicted molar refractivity (Wildman–Crippen MR) is 104 cm³/mol. The van der Waals surface area contributed by atoms with Gasteiger partial charge in [-0.3, -0.25) is 4.99 Å². The van der Waals surface area contributed by atoms with Gasteiger partial charge in [0.2, 0.25) is 0 Å². The number of aromatic nitrogens is 1. The van der Waals surface area contributed by atoms with Crippen molar-refractivity contribution < 1.29 is 0 Å². The summed E-state index contributed by atoms with van der Waals surface area (Å²) >= 11 is 0. The van der Waals surface area contributed by atoms with Gasteiger partial charge in [-0.2, -0.15) is 0 Å². The summed E-state index contributed by atoms with van der Waals surface area (Å²) in [7, 11) is 1.83. The molecule has 0 amide bonds. The number of aryl methyl sites for hydroxylation is 1. The number of nitrogens with zero attached hydrogens (tertiary/aromatic N) is 1. The largest absolute Gasteiger partial charge is 0.361 e. The van der Waals surface area contributed by atoms with Crippen molar-refractivity contribution >= 4 is 40.8 Å². The lowest BCUT2D eigenvalue weighted by atomic mass is 10.1. The molecule has 1 saturated carbocycles. The van der Waals surface area contributed by atoms with Crippen LogP contribution >= 0.6 is 24.0 Å². The van der Waals surface area contributed by atoms with Crippen LogP contribution in [0.3, 0.4) is 0 Å². The summed E-state index contributed by atoms with van der Waals surface area (Å²) in [4.78, 5) is 7.64. The molecule has 2 atom stereocenters. The van der Waals surface area contributed by atoms with Gasteiger partial charge in [0.25, 0.3) is 0 Å². The van der Waals surface area contributed by atoms with E-state index in [1.54, 1.807) is 0 Å². The van der Waals surface area contributed by atoms with Crippen molar-refractivity contribution in [3.63, 3.8) is 0 Å². The molecular formula is C17H25IN4. The summed E-state index contributed by atoms with van der Waals surface area (Å²) in [6, 6.07) is 7.00. The van der Waals surface area contributed by atoms with Gasteiger partial charge in [-0.15, -0.1) is 24.0 Å². The zero-order valence-electron chi connectivity index (χ0n) is 13.4. The minimum atomic E-state index is 0. The molecule has 5 heteroatoms. The summed E-state index contributed by atoms with van der Waals surface area (Å²) in [5.74, 6) is 1.70. The second-order valence-electron chi connectivity index (χ2n) is 6.02. The van der Waals surface area contributed by atoms with Crippen LogP contribution in [-0.4, -0.2) is 30.6 Å². The van der Waals surface area contributed by atoms with Gasteiger partial charge in [0.05, 0.1) is 0 Å². The molecule has 1 aromatic heterocycles. The highest BCUT2D eigenvalue weighted by molar-refractivity contribution is 14.0. The highest BCUT2D eigenvalue weighted by Crippen LogP contribution is 2.28. The topological polar surface area (TPSA) is 52.2 Å². The summed E-state index contributed by atoms with van der Waals surface area (Å²) in [6.45, 7) is 5.32. The molecule has 0 saturated heterocycles. The third-order valence-corrected chi connectivity index (χ3v) is 4.34. The zero-order chi connectivity index (χ0) is 14.8. The second-order valence-corrected chi connectivity index (χ2v) is 6.02. The summed E-state index contributed by atoms with van der Waals surface area (Å²) < 4.78 is 0. The Balaban J connectivity index is 0.00000176. The normalized spacial score (nSPS) is 20.6. The third-order valence-electron chi connectivity index (χ3n) is 4.34. The molecule has 0 aliphatic heterocycles. The molecule has 3 N–H and O–H groups in total. The maximum absolute atomic E-state index is 4.29. The summed E-state index contributed by atoms with van der Waals surface area (Å²) in [5.41, 5.74) is 3.92. The van der Waals surface area contributed by atoms with Crippen LogP contribution in [0.2, 0.25) is 0 Å². The van der Waals surface area contributed by atoms with Gasteiger partial charge in [0.1, 0.15) is 0 Å². The van der Waals surface area contributed by atoms with E-state index in [4.69, 9.17) is 0 Å². The van der Waals surface area contributed by atoms with Crippen LogP contribution in [0.1, 0.15) is 24.5 Å². The fraction of sp³-hybridized carbons (Fsp3) is 0.471. The van der Waals surface area contributed by atoms with Crippen molar-refractivity contribution in [2.24, 2.45) is 10.9 Å². The summed E-state index contributed by atoms with van der Waals surface area (Å²) in [6.07, 6.45) is 4.37. The van der Waals surface area contributed by atoms with Crippen LogP contribution in [0.4, 0.5) is 0 Å². The van der Waals surface area contributed by atoms with Crippen LogP contribution < -0.4 is 10.6 Å². The first-order valence-electron chi connectivity index (χ1n) is 7.72. The molecule has 1 fully saturated rings. The van der Waals surface area contributed by atoms with Crippen molar-refractivity contribution in [2.75, 3.05) is 13.6 Å². The van der Waals surface area contributed by atoms with Gasteiger partial charge in [-0.05, 0) is 42.9 Å². The van der Waals surface area contributed by atoms with E-state index in [0.717, 1.165) is 24.8 Å². The van der Waals surface area contributed by atoms with Crippen molar-refractivity contribution in [1.82, 2.24) is 15.6 Å². The molecule has 1 heterocycles. The van der Waals surface area contributed by atoms with Gasteiger partial charge in [0, 0.05) is 36.7 Å². The molecule has 0 spiro atoms. The van der Waals surface area contributed by atoms with Gasteiger partial charge in [-0.25, -0.2) is 0 Å². The van der Waals surface area contributed by atoms with Crippen molar-refractivity contribution in [1.29, 1.82) is 0 Å². The predicted octanol–water partition coefficient (Wildman–Crippen LogP) is 3.21. The molecule has 0 bridgehead atoms. The molecule has 1 aliphatic carbocycles. The van der Waals surface area contributed by atoms with Crippen molar-refractivity contribution in [3.8, 4) is 0 Å². The monoisotopic (exact) mass is 412 g/mol. The summed E-state index contributed by atoms with van der Waals surface area (Å²) in [5, 5.41) is 8.22. The van der Waals surface area contributed by atoms with E-state index in [9.17, 15) is 0 Å². The molecule has 1 aromatic carbocycles. The van der Waals surface area contributed by atoms with Crippen LogP contribution in [0.25, 0.3) is 10.9 Å². The number of hydrogen-bond acceptors (Lipinski definition) is 1. The van der Waals surface area contributed by atoms with Crippen molar-refractivity contribution in [2.45, 2.75) is 32.7 Å². The van der Waals surface area contributed by atoms with Gasteiger partial charge < -0.3 is 15.6 Å². The number of hydrogen-bond donors (Lipinski definition) is 3. The quantitative estimate of drug-likeness (QED) is 0.411. The van der Waals surface area contributed by atoms with Crippen LogP contribution in [0.5, 0.6) is 0 Å². The molecule has 120 valence electrons. The molecular weight excluding hydrogens is 387 g/mol. The maximum atomic E-state index is 4.29. The SMILES string of the molecule is CN=C(NCCc1c[nH]c2cccc(C)c12)NC1CC1C.I. The van der Waals surface area contributed by atoms with Gasteiger partial charge in [-0.1, -0.05) is 19.1 Å². The number of rotatable bonds is 4. The Morgan fingerprint density at radius 3 is 2.86 bits per heavy atom. The molecule has 22 heavy (non-hydrogen) atoms. The Bertz CT molecular complexity index is 662. The van der Waals surface area contributed by atoms with E-state index in [2.05, 4.69) is 58.9 Å². The average Bonchev–Trinajstić information content (AvgIpc) is 2.99. The minimum absolute atomic E-state index is 0. The average molecular weight is 412 g/mol. The highest BCUT2D eigenvalue weighted by Gasteiger charge is 2.33. The number of fused-ring (bicyclic) bond motifs is 1. The number of guanidine groups is 1. The van der Waals surface area contributed by atoms with E-state index in [1.807, 2.05) is 7.05 Å². The molecule has 1 aliphatic rings. The molecule has 0 radical (unpaired) electrons. The fourth-order valence-corrected chi connectivity index (χ4v) is 2.86. The Labute approximate surface area is 149 Å². The van der Waals surface area contributed by atoms with E-state index < -0.39 is 0 Å². The fourth-order valence-electron chi connectivity index (χ4n) is 2.86. The number of aromatic amines is 1. The van der Waals surface area contributed by atoms with Crippen LogP contribution in [-0.2, 0) is 6.42 Å². The molecule has 3 rings (SSSR count). The lowest BCUT2D eigenvalue weighted by Gasteiger charge is -2.11. The minimum Gasteiger partial charge on any atom is -0.361 e. The number of aliphatic imine (C=N–C) groups is 1. The van der Waals surface area contributed by atoms with E-state index in [-0.39, 0.29) is 24.0 Å². The standard InChI is InChI=1S/C17H24N4.HI/c1-11-5-4-6-14-16(11)13(10-20-14)7-8-19-17(18-3)21-15-9-12(15)2;/h4-6,10,12,15,20H,7-9H2,1-3H3,(H2,18,19,21);1H. The number of H-pyrrole nitrogens is 1. The Morgan fingerprint density at radius 1 is 1.41 bits per heavy atom. The Kier molecular flexibility index (Phi) is 5.72. The molecule has 4 nitrogen and oxygen atoms in total. The van der Waals surface area contributed by atoms with Crippen LogP contribution in [0, 0.1) is 12.8 Å². The van der Waals surface area contributed by atoms with Gasteiger partial charge in [0.15, 0.2) is 5.96 Å². The lowest BCUT2D eigenvalue weighted by molar-refractivity contribution is 0.759. The van der Waals surface area contributed by atoms with Crippen LogP contribution in [0.15, 0.2) is 29.4 Å². The number of halogens is 1. The smallest absolute Gasteiger partial charge is 0.191 e. The third kappa shape index (κ3) is 3.74. The van der Waals surface area contributed by atoms with E-state index >= 15 is 0 Å². The Morgan fingerprint density at radius 2 is 2.18 bits per heavy atom. The van der Waals surface area contributed by atoms with E-state index in [1.165, 1.54) is 28.5 Å². The zero-order valence-corrected chi connectivity index (χ0v) is 15.8. The van der Waals surface area contributed by atoms with Crippen molar-refractivity contribution in [3.05, 3.63) is 35.5 Å². The second kappa shape index (κ2) is 7.35. The first kappa shape index (κ1) is 17.1. The first-order valence-corrected chi connectivity index (χ1v) is 7.72. The molecule has 2 aromatic rings. The lowest BCUT2D eigenvalue weighted by Crippen LogP contribution is -2.39.